The van der Waals surface area contributed by atoms with Crippen molar-refractivity contribution in [3.63, 3.8) is 0 Å². The van der Waals surface area contributed by atoms with Gasteiger partial charge in [0.2, 0.25) is 0 Å². The van der Waals surface area contributed by atoms with Crippen molar-refractivity contribution >= 4 is 98.5 Å². The van der Waals surface area contributed by atoms with Crippen molar-refractivity contribution < 1.29 is 20.8 Å². The second-order valence-corrected chi connectivity index (χ2v) is 21.9. The molecule has 0 aliphatic carbocycles. The molecule has 216 valence electrons. The van der Waals surface area contributed by atoms with Crippen LogP contribution in [0.3, 0.4) is 0 Å². The van der Waals surface area contributed by atoms with Crippen LogP contribution >= 0.6 is 39.7 Å². The van der Waals surface area contributed by atoms with Crippen LogP contribution in [0.15, 0.2) is 109 Å². The van der Waals surface area contributed by atoms with Crippen molar-refractivity contribution in [3.05, 3.63) is 120 Å². The Hall–Kier alpha value is -2.30. The number of thiophene rings is 2. The first-order valence-electron chi connectivity index (χ1n) is 14.7. The van der Waals surface area contributed by atoms with Crippen molar-refractivity contribution in [2.45, 2.75) is 26.9 Å². The fourth-order valence-corrected chi connectivity index (χ4v) is 13.8. The number of benzene rings is 4. The Morgan fingerprint density at radius 1 is 0.545 bits per heavy atom. The molecule has 0 amide bonds. The van der Waals surface area contributed by atoms with E-state index < -0.39 is 28.9 Å². The average molecular weight is 741 g/mol. The molecule has 44 heavy (non-hydrogen) atoms. The summed E-state index contributed by atoms with van der Waals surface area (Å²) in [6.45, 7) is 9.95. The number of hydrogen-bond donors (Lipinski definition) is 0. The predicted molar refractivity (Wildman–Crippen MR) is 199 cm³/mol. The minimum absolute atomic E-state index is 0.826. The van der Waals surface area contributed by atoms with Crippen LogP contribution in [0.25, 0.3) is 62.6 Å². The van der Waals surface area contributed by atoms with Crippen LogP contribution in [-0.4, -0.2) is 8.07 Å². The molecule has 0 radical (unpaired) electrons. The van der Waals surface area contributed by atoms with Gasteiger partial charge in [-0.15, -0.1) is 43.4 Å². The molecule has 8 aromatic rings. The normalized spacial score (nSPS) is 11.8. The molecular weight excluding hydrogens is 711 g/mol. The van der Waals surface area contributed by atoms with Gasteiger partial charge in [-0.1, -0.05) is 167 Å². The summed E-state index contributed by atoms with van der Waals surface area (Å²) in [5.74, 6) is 0. The summed E-state index contributed by atoms with van der Waals surface area (Å²) < 4.78 is 5.69. The van der Waals surface area contributed by atoms with E-state index in [1.54, 1.807) is 10.4 Å². The number of halogens is 2. The number of aryl methyl sites for hydroxylation is 2. The van der Waals surface area contributed by atoms with Crippen LogP contribution in [0.4, 0.5) is 0 Å². The first kappa shape index (κ1) is 30.4. The molecule has 0 nitrogen and oxygen atoms in total. The average Bonchev–Trinajstić information content (AvgIpc) is 3.76. The summed E-state index contributed by atoms with van der Waals surface area (Å²) in [4.78, 5) is 0. The molecule has 0 spiro atoms. The van der Waals surface area contributed by atoms with E-state index in [4.69, 9.17) is 17.0 Å². The van der Waals surface area contributed by atoms with Crippen LogP contribution in [0.5, 0.6) is 0 Å². The molecule has 2 aromatic heterocycles. The molecule has 0 fully saturated rings. The molecule has 0 N–H and O–H groups in total. The number of hydrogen-bond acceptors (Lipinski definition) is 2. The van der Waals surface area contributed by atoms with Crippen molar-refractivity contribution in [2.24, 2.45) is 0 Å². The fraction of sp³-hybridized carbons (Fsp3) is 0.105. The molecule has 0 bridgehead atoms. The SMILES string of the molecule is Cc1c(-c2ccccc2)[c-]([Si](C)(C)[c-]2c(-c3ccccc3)c(C)c3sc4ccccc4c32)c2c1sc1ccccc12.[Cl][Zr+2][Cl]. The zero-order valence-corrected chi connectivity index (χ0v) is 31.6. The Kier molecular flexibility index (Phi) is 8.37. The molecule has 8 rings (SSSR count). The van der Waals surface area contributed by atoms with Gasteiger partial charge in [-0.05, 0) is 9.40 Å². The first-order valence-corrected chi connectivity index (χ1v) is 25.6. The Bertz CT molecular complexity index is 2110. The van der Waals surface area contributed by atoms with E-state index in [1.807, 2.05) is 22.7 Å². The standard InChI is InChI=1S/C38H30S2Si.2ClH.Zr/c1-23-31(25-15-7-5-8-16-25)37(33-27-19-11-13-21-29(27)39-35(23)33)41(3,4)38-32(26-17-9-6-10-18-26)24(2)36-34(38)28-20-12-14-22-30(28)40-36;;;/h5-22H,1-4H3;2*1H;/q-2;;;+4/p-2. The van der Waals surface area contributed by atoms with E-state index in [1.165, 1.54) is 73.7 Å². The van der Waals surface area contributed by atoms with Gasteiger partial charge < -0.3 is 0 Å². The topological polar surface area (TPSA) is 0 Å². The van der Waals surface area contributed by atoms with E-state index in [0.29, 0.717) is 0 Å². The second-order valence-electron chi connectivity index (χ2n) is 11.8. The summed E-state index contributed by atoms with van der Waals surface area (Å²) >= 11 is 3.11. The van der Waals surface area contributed by atoms with Crippen LogP contribution in [0.1, 0.15) is 11.1 Å². The van der Waals surface area contributed by atoms with E-state index >= 15 is 0 Å². The third-order valence-corrected chi connectivity index (χ3v) is 15.1. The summed E-state index contributed by atoms with van der Waals surface area (Å²) in [7, 11) is 7.52. The van der Waals surface area contributed by atoms with E-state index in [9.17, 15) is 0 Å². The van der Waals surface area contributed by atoms with Crippen molar-refractivity contribution in [1.82, 2.24) is 0 Å². The van der Waals surface area contributed by atoms with Gasteiger partial charge in [0.05, 0.1) is 0 Å². The van der Waals surface area contributed by atoms with Crippen LogP contribution in [0, 0.1) is 13.8 Å². The fourth-order valence-electron chi connectivity index (χ4n) is 7.27. The summed E-state index contributed by atoms with van der Waals surface area (Å²) in [5.41, 5.74) is 8.45. The van der Waals surface area contributed by atoms with Gasteiger partial charge in [0.25, 0.3) is 0 Å². The van der Waals surface area contributed by atoms with Crippen molar-refractivity contribution in [2.75, 3.05) is 0 Å². The molecule has 0 aliphatic heterocycles. The third kappa shape index (κ3) is 4.77. The number of rotatable bonds is 4. The van der Waals surface area contributed by atoms with E-state index in [-0.39, 0.29) is 0 Å². The van der Waals surface area contributed by atoms with Crippen LogP contribution in [-0.2, 0) is 20.8 Å². The van der Waals surface area contributed by atoms with Gasteiger partial charge in [0, 0.05) is 8.07 Å². The maximum absolute atomic E-state index is 4.93. The predicted octanol–water partition coefficient (Wildman–Crippen LogP) is 12.0. The molecule has 6 heteroatoms. The molecule has 0 atom stereocenters. The molecule has 2 heterocycles. The quantitative estimate of drug-likeness (QED) is 0.124. The maximum atomic E-state index is 4.93. The summed E-state index contributed by atoms with van der Waals surface area (Å²) in [5, 5.41) is 8.97. The summed E-state index contributed by atoms with van der Waals surface area (Å²) in [6.07, 6.45) is 0. The first-order chi connectivity index (χ1) is 21.4. The molecule has 6 aromatic carbocycles. The van der Waals surface area contributed by atoms with Gasteiger partial charge in [-0.2, -0.15) is 22.7 Å². The Labute approximate surface area is 286 Å². The van der Waals surface area contributed by atoms with E-state index in [2.05, 4.69) is 136 Å². The van der Waals surface area contributed by atoms with Gasteiger partial charge in [-0.25, -0.2) is 0 Å². The van der Waals surface area contributed by atoms with E-state index in [0.717, 1.165) is 0 Å². The van der Waals surface area contributed by atoms with Gasteiger partial charge in [-0.3, -0.25) is 0 Å². The van der Waals surface area contributed by atoms with Crippen molar-refractivity contribution in [3.8, 4) is 22.3 Å². The summed E-state index contributed by atoms with van der Waals surface area (Å²) in [6, 6.07) is 40.4. The number of fused-ring (bicyclic) bond motifs is 6. The molecule has 0 aliphatic rings. The second kappa shape index (κ2) is 12.1. The van der Waals surface area contributed by atoms with Gasteiger partial charge in [0.15, 0.2) is 0 Å². The minimum atomic E-state index is -2.35. The Morgan fingerprint density at radius 2 is 0.886 bits per heavy atom. The Balaban J connectivity index is 0.00000100. The molecule has 0 unspecified atom stereocenters. The Morgan fingerprint density at radius 3 is 1.27 bits per heavy atom. The molecule has 0 saturated carbocycles. The van der Waals surface area contributed by atoms with Gasteiger partial charge in [0.1, 0.15) is 0 Å². The molecular formula is C38H30Cl2S2SiZr. The van der Waals surface area contributed by atoms with Crippen LogP contribution < -0.4 is 10.4 Å². The van der Waals surface area contributed by atoms with Crippen LogP contribution in [0.2, 0.25) is 13.1 Å². The molecule has 0 saturated heterocycles. The zero-order chi connectivity index (χ0) is 30.6. The monoisotopic (exact) mass is 738 g/mol. The van der Waals surface area contributed by atoms with Crippen molar-refractivity contribution in [1.29, 1.82) is 0 Å². The van der Waals surface area contributed by atoms with Gasteiger partial charge >= 0.3 is 37.9 Å². The zero-order valence-electron chi connectivity index (χ0n) is 25.0. The third-order valence-electron chi connectivity index (χ3n) is 9.00.